The molecule has 0 heterocycles. The number of carbonyl (C=O) groups excluding carboxylic acids is 1. The standard InChI is InChI=1S/C22H27NO/c1-15-13-18-19(22(4,5)12-11-21(18,2)3)14-17(15)20(24)23-16-9-7-6-8-10-16/h6-10,13-14H,11-12H2,1-5H3,(H,23,24). The van der Waals surface area contributed by atoms with E-state index in [1.54, 1.807) is 0 Å². The lowest BCUT2D eigenvalue weighted by atomic mass is 9.62. The van der Waals surface area contributed by atoms with Crippen molar-refractivity contribution < 1.29 is 4.79 Å². The molecule has 0 unspecified atom stereocenters. The molecule has 0 saturated heterocycles. The molecule has 0 radical (unpaired) electrons. The van der Waals surface area contributed by atoms with Crippen LogP contribution in [-0.4, -0.2) is 5.91 Å². The van der Waals surface area contributed by atoms with E-state index in [9.17, 15) is 4.79 Å². The number of fused-ring (bicyclic) bond motifs is 1. The lowest BCUT2D eigenvalue weighted by molar-refractivity contribution is 0.102. The first kappa shape index (κ1) is 16.8. The van der Waals surface area contributed by atoms with Gasteiger partial charge in [-0.15, -0.1) is 0 Å². The van der Waals surface area contributed by atoms with Gasteiger partial charge in [0.15, 0.2) is 0 Å². The Morgan fingerprint density at radius 1 is 0.917 bits per heavy atom. The Labute approximate surface area is 145 Å². The normalized spacial score (nSPS) is 17.9. The van der Waals surface area contributed by atoms with Crippen molar-refractivity contribution in [2.45, 2.75) is 58.3 Å². The Balaban J connectivity index is 2.03. The molecule has 3 rings (SSSR count). The number of rotatable bonds is 2. The van der Waals surface area contributed by atoms with Gasteiger partial charge in [-0.05, 0) is 65.5 Å². The number of amides is 1. The number of hydrogen-bond acceptors (Lipinski definition) is 1. The van der Waals surface area contributed by atoms with Gasteiger partial charge in [-0.3, -0.25) is 4.79 Å². The molecule has 1 amide bonds. The summed E-state index contributed by atoms with van der Waals surface area (Å²) in [7, 11) is 0. The minimum absolute atomic E-state index is 0.0271. The van der Waals surface area contributed by atoms with E-state index in [-0.39, 0.29) is 16.7 Å². The first-order valence-corrected chi connectivity index (χ1v) is 8.73. The van der Waals surface area contributed by atoms with Crippen LogP contribution in [0.1, 0.15) is 67.6 Å². The second-order valence-corrected chi connectivity index (χ2v) is 8.30. The Morgan fingerprint density at radius 2 is 1.46 bits per heavy atom. The van der Waals surface area contributed by atoms with Crippen LogP contribution in [0.5, 0.6) is 0 Å². The summed E-state index contributed by atoms with van der Waals surface area (Å²) in [6, 6.07) is 14.0. The maximum absolute atomic E-state index is 12.8. The Kier molecular flexibility index (Phi) is 4.03. The fourth-order valence-electron chi connectivity index (χ4n) is 3.69. The highest BCUT2D eigenvalue weighted by atomic mass is 16.1. The minimum Gasteiger partial charge on any atom is -0.322 e. The van der Waals surface area contributed by atoms with Crippen LogP contribution in [0.25, 0.3) is 0 Å². The van der Waals surface area contributed by atoms with Crippen molar-refractivity contribution in [3.8, 4) is 0 Å². The van der Waals surface area contributed by atoms with E-state index in [0.717, 1.165) is 23.2 Å². The van der Waals surface area contributed by atoms with Gasteiger partial charge in [0.1, 0.15) is 0 Å². The second kappa shape index (κ2) is 5.77. The van der Waals surface area contributed by atoms with Crippen molar-refractivity contribution in [2.24, 2.45) is 0 Å². The summed E-state index contributed by atoms with van der Waals surface area (Å²) in [5.41, 5.74) is 5.66. The molecule has 0 spiro atoms. The molecule has 0 aliphatic heterocycles. The third kappa shape index (κ3) is 2.98. The molecule has 1 aliphatic carbocycles. The lowest BCUT2D eigenvalue weighted by Gasteiger charge is -2.42. The highest BCUT2D eigenvalue weighted by Crippen LogP contribution is 2.46. The van der Waals surface area contributed by atoms with E-state index < -0.39 is 0 Å². The van der Waals surface area contributed by atoms with Crippen molar-refractivity contribution in [3.05, 3.63) is 64.7 Å². The second-order valence-electron chi connectivity index (χ2n) is 8.30. The van der Waals surface area contributed by atoms with Gasteiger partial charge in [-0.1, -0.05) is 52.0 Å². The number of anilines is 1. The number of hydrogen-bond donors (Lipinski definition) is 1. The molecule has 0 aromatic heterocycles. The Bertz CT molecular complexity index is 772. The largest absolute Gasteiger partial charge is 0.322 e. The molecule has 0 saturated carbocycles. The SMILES string of the molecule is Cc1cc2c(cc1C(=O)Nc1ccccc1)C(C)(C)CCC2(C)C. The molecule has 0 bridgehead atoms. The molecule has 0 atom stereocenters. The Morgan fingerprint density at radius 3 is 2.04 bits per heavy atom. The molecule has 126 valence electrons. The predicted octanol–water partition coefficient (Wildman–Crippen LogP) is 5.60. The van der Waals surface area contributed by atoms with Crippen molar-refractivity contribution >= 4 is 11.6 Å². The summed E-state index contributed by atoms with van der Waals surface area (Å²) >= 11 is 0. The van der Waals surface area contributed by atoms with Gasteiger partial charge < -0.3 is 5.32 Å². The zero-order valence-corrected chi connectivity index (χ0v) is 15.4. The highest BCUT2D eigenvalue weighted by Gasteiger charge is 2.37. The van der Waals surface area contributed by atoms with Gasteiger partial charge in [0.25, 0.3) is 5.91 Å². The average molecular weight is 321 g/mol. The van der Waals surface area contributed by atoms with Gasteiger partial charge in [-0.2, -0.15) is 0 Å². The highest BCUT2D eigenvalue weighted by molar-refractivity contribution is 6.05. The number of benzene rings is 2. The number of para-hydroxylation sites is 1. The van der Waals surface area contributed by atoms with E-state index in [4.69, 9.17) is 0 Å². The minimum atomic E-state index is -0.0271. The molecule has 1 N–H and O–H groups in total. The monoisotopic (exact) mass is 321 g/mol. The maximum Gasteiger partial charge on any atom is 0.255 e. The van der Waals surface area contributed by atoms with Crippen LogP contribution in [0.4, 0.5) is 5.69 Å². The van der Waals surface area contributed by atoms with Crippen LogP contribution in [0.15, 0.2) is 42.5 Å². The lowest BCUT2D eigenvalue weighted by Crippen LogP contribution is -2.34. The topological polar surface area (TPSA) is 29.1 Å². The number of nitrogens with one attached hydrogen (secondary N) is 1. The van der Waals surface area contributed by atoms with Gasteiger partial charge in [0.2, 0.25) is 0 Å². The zero-order chi connectivity index (χ0) is 17.5. The third-order valence-corrected chi connectivity index (χ3v) is 5.47. The van der Waals surface area contributed by atoms with Crippen molar-refractivity contribution in [2.75, 3.05) is 5.32 Å². The summed E-state index contributed by atoms with van der Waals surface area (Å²) in [6.07, 6.45) is 2.33. The average Bonchev–Trinajstić information content (AvgIpc) is 2.52. The molecule has 2 nitrogen and oxygen atoms in total. The summed E-state index contributed by atoms with van der Waals surface area (Å²) in [4.78, 5) is 12.8. The summed E-state index contributed by atoms with van der Waals surface area (Å²) in [6.45, 7) is 11.2. The molecule has 0 fully saturated rings. The van der Waals surface area contributed by atoms with E-state index in [1.165, 1.54) is 17.5 Å². The maximum atomic E-state index is 12.8. The summed E-state index contributed by atoms with van der Waals surface area (Å²) in [5, 5.41) is 3.01. The molecule has 2 aromatic rings. The van der Waals surface area contributed by atoms with Crippen LogP contribution in [0.3, 0.4) is 0 Å². The van der Waals surface area contributed by atoms with Crippen molar-refractivity contribution in [1.29, 1.82) is 0 Å². The Hall–Kier alpha value is -2.09. The quantitative estimate of drug-likeness (QED) is 0.767. The zero-order valence-electron chi connectivity index (χ0n) is 15.4. The molecule has 1 aliphatic rings. The van der Waals surface area contributed by atoms with Gasteiger partial charge in [0.05, 0.1) is 0 Å². The van der Waals surface area contributed by atoms with Gasteiger partial charge in [-0.25, -0.2) is 0 Å². The number of aryl methyl sites for hydroxylation is 1. The van der Waals surface area contributed by atoms with Crippen LogP contribution in [0, 0.1) is 6.92 Å². The molecular weight excluding hydrogens is 294 g/mol. The fraction of sp³-hybridized carbons (Fsp3) is 0.409. The van der Waals surface area contributed by atoms with Crippen LogP contribution in [-0.2, 0) is 10.8 Å². The van der Waals surface area contributed by atoms with E-state index in [0.29, 0.717) is 0 Å². The fourth-order valence-corrected chi connectivity index (χ4v) is 3.69. The molecular formula is C22H27NO. The van der Waals surface area contributed by atoms with Crippen molar-refractivity contribution in [3.63, 3.8) is 0 Å². The smallest absolute Gasteiger partial charge is 0.255 e. The molecule has 2 aromatic carbocycles. The first-order valence-electron chi connectivity index (χ1n) is 8.73. The van der Waals surface area contributed by atoms with E-state index in [1.807, 2.05) is 37.3 Å². The summed E-state index contributed by atoms with van der Waals surface area (Å²) < 4.78 is 0. The van der Waals surface area contributed by atoms with Crippen LogP contribution in [0.2, 0.25) is 0 Å². The predicted molar refractivity (Wildman–Crippen MR) is 101 cm³/mol. The first-order chi connectivity index (χ1) is 11.2. The molecule has 2 heteroatoms. The van der Waals surface area contributed by atoms with Gasteiger partial charge >= 0.3 is 0 Å². The summed E-state index contributed by atoms with van der Waals surface area (Å²) in [5.74, 6) is -0.0271. The van der Waals surface area contributed by atoms with E-state index >= 15 is 0 Å². The third-order valence-electron chi connectivity index (χ3n) is 5.47. The van der Waals surface area contributed by atoms with Gasteiger partial charge in [0, 0.05) is 11.3 Å². The number of carbonyl (C=O) groups is 1. The van der Waals surface area contributed by atoms with Crippen LogP contribution < -0.4 is 5.32 Å². The van der Waals surface area contributed by atoms with E-state index in [2.05, 4.69) is 45.1 Å². The van der Waals surface area contributed by atoms with Crippen LogP contribution >= 0.6 is 0 Å². The molecule has 24 heavy (non-hydrogen) atoms. The van der Waals surface area contributed by atoms with Crippen molar-refractivity contribution in [1.82, 2.24) is 0 Å².